The maximum absolute atomic E-state index is 8.87. The van der Waals surface area contributed by atoms with Crippen LogP contribution in [0.1, 0.15) is 36.0 Å². The van der Waals surface area contributed by atoms with Gasteiger partial charge in [-0.25, -0.2) is 0 Å². The van der Waals surface area contributed by atoms with Crippen LogP contribution >= 0.6 is 0 Å². The Balaban J connectivity index is 1.91. The molecule has 1 saturated carbocycles. The summed E-state index contributed by atoms with van der Waals surface area (Å²) in [6, 6.07) is 8.10. The molecular formula is C16H23N3. The minimum Gasteiger partial charge on any atom is -0.311 e. The van der Waals surface area contributed by atoms with Gasteiger partial charge in [0, 0.05) is 18.6 Å². The molecule has 0 aromatic heterocycles. The fourth-order valence-electron chi connectivity index (χ4n) is 2.76. The van der Waals surface area contributed by atoms with E-state index in [1.807, 2.05) is 12.1 Å². The molecule has 102 valence electrons. The Labute approximate surface area is 116 Å². The van der Waals surface area contributed by atoms with Crippen molar-refractivity contribution in [2.45, 2.75) is 38.3 Å². The Morgan fingerprint density at radius 1 is 1.37 bits per heavy atom. The first kappa shape index (κ1) is 14.0. The highest BCUT2D eigenvalue weighted by Gasteiger charge is 2.38. The fourth-order valence-corrected chi connectivity index (χ4v) is 2.76. The van der Waals surface area contributed by atoms with Gasteiger partial charge in [-0.3, -0.25) is 0 Å². The molecule has 0 spiro atoms. The van der Waals surface area contributed by atoms with Crippen molar-refractivity contribution in [3.63, 3.8) is 0 Å². The van der Waals surface area contributed by atoms with E-state index in [0.717, 1.165) is 18.7 Å². The zero-order chi connectivity index (χ0) is 13.9. The van der Waals surface area contributed by atoms with Gasteiger partial charge < -0.3 is 10.2 Å². The van der Waals surface area contributed by atoms with Crippen molar-refractivity contribution in [2.75, 3.05) is 20.6 Å². The zero-order valence-electron chi connectivity index (χ0n) is 12.2. The smallest absolute Gasteiger partial charge is 0.0991 e. The van der Waals surface area contributed by atoms with Crippen molar-refractivity contribution in [2.24, 2.45) is 0 Å². The molecule has 19 heavy (non-hydrogen) atoms. The zero-order valence-corrected chi connectivity index (χ0v) is 12.2. The molecule has 1 aromatic rings. The largest absolute Gasteiger partial charge is 0.311 e. The van der Waals surface area contributed by atoms with Gasteiger partial charge in [-0.1, -0.05) is 6.07 Å². The van der Waals surface area contributed by atoms with Crippen LogP contribution in [0.3, 0.4) is 0 Å². The SMILES string of the molecule is Cc1cc(C#N)ccc1CNCC1(N(C)C)CCC1. The Kier molecular flexibility index (Phi) is 4.24. The van der Waals surface area contributed by atoms with E-state index in [-0.39, 0.29) is 0 Å². The summed E-state index contributed by atoms with van der Waals surface area (Å²) >= 11 is 0. The standard InChI is InChI=1S/C16H23N3/c1-13-9-14(10-17)5-6-15(13)11-18-12-16(19(2)3)7-4-8-16/h5-6,9,18H,4,7-8,11-12H2,1-3H3. The second-order valence-corrected chi connectivity index (χ2v) is 5.83. The third-order valence-corrected chi connectivity index (χ3v) is 4.47. The predicted molar refractivity (Wildman–Crippen MR) is 77.9 cm³/mol. The van der Waals surface area contributed by atoms with Crippen LogP contribution in [-0.2, 0) is 6.54 Å². The summed E-state index contributed by atoms with van der Waals surface area (Å²) in [4.78, 5) is 2.36. The number of hydrogen-bond donors (Lipinski definition) is 1. The Morgan fingerprint density at radius 3 is 2.58 bits per heavy atom. The van der Waals surface area contributed by atoms with Crippen molar-refractivity contribution in [3.05, 3.63) is 34.9 Å². The maximum atomic E-state index is 8.87. The first-order valence-corrected chi connectivity index (χ1v) is 6.95. The minimum atomic E-state index is 0.362. The molecule has 3 heteroatoms. The van der Waals surface area contributed by atoms with E-state index in [1.54, 1.807) is 0 Å². The van der Waals surface area contributed by atoms with Crippen LogP contribution in [0.25, 0.3) is 0 Å². The van der Waals surface area contributed by atoms with Crippen LogP contribution in [0.15, 0.2) is 18.2 Å². The summed E-state index contributed by atoms with van der Waals surface area (Å²) in [5.41, 5.74) is 3.58. The van der Waals surface area contributed by atoms with Crippen molar-refractivity contribution in [3.8, 4) is 6.07 Å². The van der Waals surface area contributed by atoms with Gasteiger partial charge in [0.1, 0.15) is 0 Å². The second-order valence-electron chi connectivity index (χ2n) is 5.83. The molecule has 3 nitrogen and oxygen atoms in total. The summed E-state index contributed by atoms with van der Waals surface area (Å²) in [6.45, 7) is 4.00. The van der Waals surface area contributed by atoms with E-state index in [9.17, 15) is 0 Å². The van der Waals surface area contributed by atoms with Gasteiger partial charge in [0.05, 0.1) is 11.6 Å². The highest BCUT2D eigenvalue weighted by molar-refractivity contribution is 5.37. The van der Waals surface area contributed by atoms with Gasteiger partial charge in [-0.2, -0.15) is 5.26 Å². The molecule has 0 heterocycles. The van der Waals surface area contributed by atoms with Gasteiger partial charge in [0.25, 0.3) is 0 Å². The molecule has 0 radical (unpaired) electrons. The number of nitrogens with zero attached hydrogens (tertiary/aromatic N) is 2. The number of nitriles is 1. The van der Waals surface area contributed by atoms with Crippen molar-refractivity contribution < 1.29 is 0 Å². The lowest BCUT2D eigenvalue weighted by molar-refractivity contribution is 0.0598. The minimum absolute atomic E-state index is 0.362. The molecule has 2 rings (SSSR count). The van der Waals surface area contributed by atoms with E-state index < -0.39 is 0 Å². The summed E-state index contributed by atoms with van der Waals surface area (Å²) < 4.78 is 0. The molecule has 0 bridgehead atoms. The van der Waals surface area contributed by atoms with E-state index in [4.69, 9.17) is 5.26 Å². The van der Waals surface area contributed by atoms with Gasteiger partial charge in [-0.05, 0) is 63.5 Å². The normalized spacial score (nSPS) is 17.0. The van der Waals surface area contributed by atoms with Crippen molar-refractivity contribution in [1.29, 1.82) is 5.26 Å². The highest BCUT2D eigenvalue weighted by Crippen LogP contribution is 2.35. The average molecular weight is 257 g/mol. The number of nitrogens with one attached hydrogen (secondary N) is 1. The van der Waals surface area contributed by atoms with Crippen LogP contribution < -0.4 is 5.32 Å². The molecule has 1 N–H and O–H groups in total. The first-order chi connectivity index (χ1) is 9.07. The summed E-state index contributed by atoms with van der Waals surface area (Å²) in [5.74, 6) is 0. The molecular weight excluding hydrogens is 234 g/mol. The van der Waals surface area contributed by atoms with E-state index >= 15 is 0 Å². The van der Waals surface area contributed by atoms with E-state index in [1.165, 1.54) is 30.4 Å². The first-order valence-electron chi connectivity index (χ1n) is 6.95. The summed E-state index contributed by atoms with van der Waals surface area (Å²) in [6.07, 6.45) is 3.93. The Hall–Kier alpha value is -1.37. The second kappa shape index (κ2) is 5.73. The number of hydrogen-bond acceptors (Lipinski definition) is 3. The third-order valence-electron chi connectivity index (χ3n) is 4.47. The Morgan fingerprint density at radius 2 is 2.11 bits per heavy atom. The highest BCUT2D eigenvalue weighted by atomic mass is 15.2. The summed E-state index contributed by atoms with van der Waals surface area (Å²) in [7, 11) is 4.35. The lowest BCUT2D eigenvalue weighted by Crippen LogP contribution is -2.56. The number of rotatable bonds is 5. The van der Waals surface area contributed by atoms with Crippen LogP contribution in [0.5, 0.6) is 0 Å². The lowest BCUT2D eigenvalue weighted by Gasteiger charge is -2.47. The maximum Gasteiger partial charge on any atom is 0.0991 e. The number of benzene rings is 1. The van der Waals surface area contributed by atoms with Crippen LogP contribution in [0, 0.1) is 18.3 Å². The molecule has 0 unspecified atom stereocenters. The van der Waals surface area contributed by atoms with Crippen LogP contribution in [-0.4, -0.2) is 31.1 Å². The molecule has 1 fully saturated rings. The van der Waals surface area contributed by atoms with Gasteiger partial charge in [-0.15, -0.1) is 0 Å². The van der Waals surface area contributed by atoms with Gasteiger partial charge in [0.2, 0.25) is 0 Å². The third kappa shape index (κ3) is 2.97. The van der Waals surface area contributed by atoms with E-state index in [0.29, 0.717) is 5.54 Å². The van der Waals surface area contributed by atoms with Crippen molar-refractivity contribution in [1.82, 2.24) is 10.2 Å². The topological polar surface area (TPSA) is 39.1 Å². The fraction of sp³-hybridized carbons (Fsp3) is 0.562. The molecule has 0 saturated heterocycles. The van der Waals surface area contributed by atoms with Crippen LogP contribution in [0.2, 0.25) is 0 Å². The summed E-state index contributed by atoms with van der Waals surface area (Å²) in [5, 5.41) is 12.4. The molecule has 1 aliphatic carbocycles. The quantitative estimate of drug-likeness (QED) is 0.880. The van der Waals surface area contributed by atoms with Gasteiger partial charge in [0.15, 0.2) is 0 Å². The molecule has 0 amide bonds. The van der Waals surface area contributed by atoms with Crippen molar-refractivity contribution >= 4 is 0 Å². The lowest BCUT2D eigenvalue weighted by atomic mass is 9.75. The Bertz CT molecular complexity index is 481. The molecule has 1 aromatic carbocycles. The molecule has 0 atom stereocenters. The van der Waals surface area contributed by atoms with Crippen LogP contribution in [0.4, 0.5) is 0 Å². The number of likely N-dealkylation sites (N-methyl/N-ethyl adjacent to an activating group) is 1. The number of aryl methyl sites for hydroxylation is 1. The average Bonchev–Trinajstić information content (AvgIpc) is 2.33. The van der Waals surface area contributed by atoms with E-state index in [2.05, 4.69) is 43.4 Å². The van der Waals surface area contributed by atoms with Gasteiger partial charge >= 0.3 is 0 Å². The monoisotopic (exact) mass is 257 g/mol. The molecule has 0 aliphatic heterocycles. The predicted octanol–water partition coefficient (Wildman–Crippen LogP) is 2.44. The molecule has 1 aliphatic rings.